The van der Waals surface area contributed by atoms with Gasteiger partial charge in [-0.05, 0) is 57.4 Å². The molecule has 0 amide bonds. The first-order valence-corrected chi connectivity index (χ1v) is 9.01. The van der Waals surface area contributed by atoms with E-state index in [9.17, 15) is 4.79 Å². The molecule has 1 aliphatic heterocycles. The molecule has 0 spiro atoms. The Morgan fingerprint density at radius 3 is 2.77 bits per heavy atom. The molecule has 1 fully saturated rings. The number of rotatable bonds is 5. The van der Waals surface area contributed by atoms with Gasteiger partial charge in [0.2, 0.25) is 0 Å². The minimum absolute atomic E-state index is 0.332. The maximum Gasteiger partial charge on any atom is 0.338 e. The highest BCUT2D eigenvalue weighted by atomic mass is 16.5. The van der Waals surface area contributed by atoms with Gasteiger partial charge in [0.25, 0.3) is 0 Å². The summed E-state index contributed by atoms with van der Waals surface area (Å²) >= 11 is 0. The number of carbonyl (C=O) groups excluding carboxylic acids is 1. The summed E-state index contributed by atoms with van der Waals surface area (Å²) in [4.78, 5) is 22.7. The molecule has 7 nitrogen and oxygen atoms in total. The van der Waals surface area contributed by atoms with Crippen LogP contribution < -0.4 is 16.0 Å². The van der Waals surface area contributed by atoms with E-state index in [1.54, 1.807) is 31.2 Å². The predicted octanol–water partition coefficient (Wildman–Crippen LogP) is 3.36. The van der Waals surface area contributed by atoms with Crippen LogP contribution >= 0.6 is 0 Å². The molecule has 138 valence electrons. The molecule has 3 rings (SSSR count). The van der Waals surface area contributed by atoms with E-state index in [-0.39, 0.29) is 5.97 Å². The van der Waals surface area contributed by atoms with Crippen molar-refractivity contribution in [1.29, 1.82) is 0 Å². The second-order valence-corrected chi connectivity index (χ2v) is 6.42. The van der Waals surface area contributed by atoms with Crippen molar-refractivity contribution in [2.24, 2.45) is 0 Å². The molecule has 1 saturated heterocycles. The van der Waals surface area contributed by atoms with Gasteiger partial charge in [-0.25, -0.2) is 14.8 Å². The molecule has 2 heterocycles. The first kappa shape index (κ1) is 18.0. The number of nitrogens with zero attached hydrogens (tertiary/aromatic N) is 3. The number of carbonyl (C=O) groups is 1. The van der Waals surface area contributed by atoms with Crippen LogP contribution in [0.1, 0.15) is 43.5 Å². The smallest absolute Gasteiger partial charge is 0.338 e. The minimum atomic E-state index is -0.332. The van der Waals surface area contributed by atoms with E-state index in [0.717, 1.165) is 30.9 Å². The van der Waals surface area contributed by atoms with Crippen molar-refractivity contribution in [3.8, 4) is 0 Å². The van der Waals surface area contributed by atoms with Crippen LogP contribution in [-0.2, 0) is 4.74 Å². The van der Waals surface area contributed by atoms with Crippen LogP contribution in [0.4, 0.5) is 23.0 Å². The number of ether oxygens (including phenoxy) is 1. The molecule has 7 heteroatoms. The van der Waals surface area contributed by atoms with Crippen LogP contribution in [0.5, 0.6) is 0 Å². The van der Waals surface area contributed by atoms with E-state index >= 15 is 0 Å². The fourth-order valence-electron chi connectivity index (χ4n) is 3.17. The van der Waals surface area contributed by atoms with Gasteiger partial charge in [-0.3, -0.25) is 0 Å². The molecular formula is C19H25N5O2. The Labute approximate surface area is 153 Å². The van der Waals surface area contributed by atoms with Gasteiger partial charge in [-0.15, -0.1) is 0 Å². The van der Waals surface area contributed by atoms with Crippen molar-refractivity contribution in [3.05, 3.63) is 36.2 Å². The lowest BCUT2D eigenvalue weighted by atomic mass is 10.0. The van der Waals surface area contributed by atoms with Crippen molar-refractivity contribution in [3.63, 3.8) is 0 Å². The van der Waals surface area contributed by atoms with Gasteiger partial charge in [-0.2, -0.15) is 0 Å². The van der Waals surface area contributed by atoms with Gasteiger partial charge in [-0.1, -0.05) is 0 Å². The number of benzene rings is 1. The topological polar surface area (TPSA) is 93.4 Å². The van der Waals surface area contributed by atoms with Crippen molar-refractivity contribution < 1.29 is 9.53 Å². The Kier molecular flexibility index (Phi) is 5.55. The number of hydrogen-bond acceptors (Lipinski definition) is 7. The third-order valence-corrected chi connectivity index (χ3v) is 4.60. The number of hydrogen-bond donors (Lipinski definition) is 2. The van der Waals surface area contributed by atoms with Gasteiger partial charge >= 0.3 is 5.97 Å². The summed E-state index contributed by atoms with van der Waals surface area (Å²) < 4.78 is 4.99. The van der Waals surface area contributed by atoms with Crippen molar-refractivity contribution in [1.82, 2.24) is 9.97 Å². The number of nitrogen functional groups attached to an aromatic ring is 1. The van der Waals surface area contributed by atoms with Crippen LogP contribution in [0.3, 0.4) is 0 Å². The van der Waals surface area contributed by atoms with Crippen LogP contribution in [0.25, 0.3) is 0 Å². The fourth-order valence-corrected chi connectivity index (χ4v) is 3.17. The number of anilines is 4. The summed E-state index contributed by atoms with van der Waals surface area (Å²) in [7, 11) is 0. The van der Waals surface area contributed by atoms with Crippen molar-refractivity contribution in [2.75, 3.05) is 29.1 Å². The molecule has 0 radical (unpaired) electrons. The average Bonchev–Trinajstić information content (AvgIpc) is 2.65. The summed E-state index contributed by atoms with van der Waals surface area (Å²) in [5.41, 5.74) is 8.18. The zero-order chi connectivity index (χ0) is 18.5. The van der Waals surface area contributed by atoms with E-state index in [2.05, 4.69) is 27.1 Å². The number of aromatic nitrogens is 2. The van der Waals surface area contributed by atoms with E-state index in [4.69, 9.17) is 10.5 Å². The van der Waals surface area contributed by atoms with E-state index in [1.165, 1.54) is 12.7 Å². The Morgan fingerprint density at radius 2 is 2.08 bits per heavy atom. The fraction of sp³-hybridized carbons (Fsp3) is 0.421. The Morgan fingerprint density at radius 1 is 1.31 bits per heavy atom. The molecule has 0 bridgehead atoms. The molecule has 1 unspecified atom stereocenters. The summed E-state index contributed by atoms with van der Waals surface area (Å²) in [6.07, 6.45) is 5.05. The normalized spacial score (nSPS) is 17.0. The second kappa shape index (κ2) is 8.03. The molecule has 3 N–H and O–H groups in total. The highest BCUT2D eigenvalue weighted by molar-refractivity contribution is 5.90. The largest absolute Gasteiger partial charge is 0.462 e. The zero-order valence-corrected chi connectivity index (χ0v) is 15.2. The maximum absolute atomic E-state index is 11.7. The first-order chi connectivity index (χ1) is 12.6. The SMILES string of the molecule is CCOC(=O)c1ccc(Nc2ncnc(N3CCCCC3C)c2N)cc1. The Bertz CT molecular complexity index is 763. The van der Waals surface area contributed by atoms with Crippen LogP contribution in [0.2, 0.25) is 0 Å². The van der Waals surface area contributed by atoms with Crippen LogP contribution in [0.15, 0.2) is 30.6 Å². The Balaban J connectivity index is 1.78. The third kappa shape index (κ3) is 3.87. The molecule has 1 aromatic heterocycles. The number of piperidine rings is 1. The predicted molar refractivity (Wildman–Crippen MR) is 103 cm³/mol. The lowest BCUT2D eigenvalue weighted by Gasteiger charge is -2.35. The minimum Gasteiger partial charge on any atom is -0.462 e. The van der Waals surface area contributed by atoms with Crippen LogP contribution in [0, 0.1) is 0 Å². The van der Waals surface area contributed by atoms with E-state index in [0.29, 0.717) is 29.7 Å². The molecule has 0 saturated carbocycles. The third-order valence-electron chi connectivity index (χ3n) is 4.60. The van der Waals surface area contributed by atoms with Crippen LogP contribution in [-0.4, -0.2) is 35.1 Å². The standard InChI is InChI=1S/C19H25N5O2/c1-3-26-19(25)14-7-9-15(10-8-14)23-17-16(20)18(22-12-21-17)24-11-5-4-6-13(24)2/h7-10,12-13H,3-6,11,20H2,1-2H3,(H,21,22,23). The quantitative estimate of drug-likeness (QED) is 0.794. The molecule has 0 aliphatic carbocycles. The highest BCUT2D eigenvalue weighted by Gasteiger charge is 2.23. The van der Waals surface area contributed by atoms with Crippen molar-refractivity contribution in [2.45, 2.75) is 39.2 Å². The number of esters is 1. The maximum atomic E-state index is 11.7. The Hall–Kier alpha value is -2.83. The van der Waals surface area contributed by atoms with Gasteiger partial charge in [0.1, 0.15) is 12.0 Å². The van der Waals surface area contributed by atoms with Gasteiger partial charge in [0, 0.05) is 18.3 Å². The average molecular weight is 355 g/mol. The lowest BCUT2D eigenvalue weighted by molar-refractivity contribution is 0.0526. The van der Waals surface area contributed by atoms with Gasteiger partial charge < -0.3 is 20.7 Å². The summed E-state index contributed by atoms with van der Waals surface area (Å²) in [6, 6.07) is 7.45. The summed E-state index contributed by atoms with van der Waals surface area (Å²) in [5.74, 6) is 1.01. The first-order valence-electron chi connectivity index (χ1n) is 9.01. The molecular weight excluding hydrogens is 330 g/mol. The molecule has 26 heavy (non-hydrogen) atoms. The molecule has 2 aromatic rings. The summed E-state index contributed by atoms with van der Waals surface area (Å²) in [6.45, 7) is 5.29. The monoisotopic (exact) mass is 355 g/mol. The van der Waals surface area contributed by atoms with Gasteiger partial charge in [0.05, 0.1) is 12.2 Å². The molecule has 1 aromatic carbocycles. The number of nitrogens with two attached hydrogens (primary N) is 1. The highest BCUT2D eigenvalue weighted by Crippen LogP contribution is 2.32. The molecule has 1 aliphatic rings. The lowest BCUT2D eigenvalue weighted by Crippen LogP contribution is -2.38. The summed E-state index contributed by atoms with van der Waals surface area (Å²) in [5, 5.41) is 3.21. The van der Waals surface area contributed by atoms with E-state index in [1.807, 2.05) is 0 Å². The van der Waals surface area contributed by atoms with Crippen molar-refractivity contribution >= 4 is 29.0 Å². The van der Waals surface area contributed by atoms with E-state index < -0.39 is 0 Å². The second-order valence-electron chi connectivity index (χ2n) is 6.42. The molecule has 1 atom stereocenters. The van der Waals surface area contributed by atoms with Gasteiger partial charge in [0.15, 0.2) is 11.6 Å². The number of nitrogens with one attached hydrogen (secondary N) is 1. The zero-order valence-electron chi connectivity index (χ0n) is 15.2.